The fourth-order valence-electron chi connectivity index (χ4n) is 6.21. The first-order valence-corrected chi connectivity index (χ1v) is 21.2. The Morgan fingerprint density at radius 3 is 0.891 bits per heavy atom. The second-order valence-electron chi connectivity index (χ2n) is 11.1. The summed E-state index contributed by atoms with van der Waals surface area (Å²) in [6.45, 7) is -3.12. The van der Waals surface area contributed by atoms with Gasteiger partial charge in [-0.3, -0.25) is 0 Å². The molecule has 0 saturated carbocycles. The van der Waals surface area contributed by atoms with Gasteiger partial charge in [0.2, 0.25) is 0 Å². The molecule has 0 unspecified atom stereocenters. The van der Waals surface area contributed by atoms with Crippen molar-refractivity contribution in [1.82, 2.24) is 0 Å². The van der Waals surface area contributed by atoms with Gasteiger partial charge in [0.15, 0.2) is 0 Å². The van der Waals surface area contributed by atoms with Crippen molar-refractivity contribution in [2.45, 2.75) is 0 Å². The Morgan fingerprint density at radius 2 is 0.565 bits per heavy atom. The standard InChI is InChI=1S/C42H34ClP3/c43-46(38-28-14-5-15-29-38,41-32-18-16-30-39(41)44(34-20-6-1-7-21-34)35-22-8-2-9-23-35)42-33-19-17-31-40(42)45(36-24-10-3-11-25-36)37-26-12-4-13-27-37/h1-33,46H. The molecule has 7 aromatic rings. The fourth-order valence-corrected chi connectivity index (χ4v) is 17.4. The van der Waals surface area contributed by atoms with E-state index in [4.69, 9.17) is 11.2 Å². The molecule has 0 nitrogen and oxygen atoms in total. The van der Waals surface area contributed by atoms with Gasteiger partial charge in [-0.15, -0.1) is 0 Å². The summed E-state index contributed by atoms with van der Waals surface area (Å²) < 4.78 is 0. The van der Waals surface area contributed by atoms with Crippen LogP contribution in [0.25, 0.3) is 0 Å². The van der Waals surface area contributed by atoms with E-state index >= 15 is 0 Å². The van der Waals surface area contributed by atoms with Crippen LogP contribution < -0.4 is 47.7 Å². The second kappa shape index (κ2) is 14.3. The summed E-state index contributed by atoms with van der Waals surface area (Å²) in [5.41, 5.74) is 0. The van der Waals surface area contributed by atoms with Crippen LogP contribution in [0.3, 0.4) is 0 Å². The van der Waals surface area contributed by atoms with E-state index in [2.05, 4.69) is 200 Å². The van der Waals surface area contributed by atoms with Gasteiger partial charge in [0.25, 0.3) is 0 Å². The molecule has 0 radical (unpaired) electrons. The molecule has 46 heavy (non-hydrogen) atoms. The summed E-state index contributed by atoms with van der Waals surface area (Å²) >= 11 is 8.52. The van der Waals surface area contributed by atoms with Gasteiger partial charge in [0, 0.05) is 0 Å². The van der Waals surface area contributed by atoms with Crippen molar-refractivity contribution in [2.75, 3.05) is 0 Å². The summed E-state index contributed by atoms with van der Waals surface area (Å²) in [6, 6.07) is 72.7. The molecular weight excluding hydrogens is 633 g/mol. The second-order valence-corrected chi connectivity index (χ2v) is 20.1. The molecule has 0 N–H and O–H groups in total. The Morgan fingerprint density at radius 1 is 0.304 bits per heavy atom. The zero-order valence-electron chi connectivity index (χ0n) is 25.3. The predicted molar refractivity (Wildman–Crippen MR) is 210 cm³/mol. The molecule has 0 heterocycles. The molecule has 4 heteroatoms. The zero-order chi connectivity index (χ0) is 31.2. The van der Waals surface area contributed by atoms with Gasteiger partial charge < -0.3 is 0 Å². The number of rotatable bonds is 9. The van der Waals surface area contributed by atoms with E-state index in [1.54, 1.807) is 0 Å². The molecule has 0 fully saturated rings. The van der Waals surface area contributed by atoms with Gasteiger partial charge in [0.1, 0.15) is 0 Å². The average Bonchev–Trinajstić information content (AvgIpc) is 3.14. The van der Waals surface area contributed by atoms with E-state index in [1.165, 1.54) is 47.7 Å². The topological polar surface area (TPSA) is 0 Å². The average molecular weight is 667 g/mol. The molecule has 7 rings (SSSR count). The monoisotopic (exact) mass is 666 g/mol. The van der Waals surface area contributed by atoms with Gasteiger partial charge in [-0.1, -0.05) is 0 Å². The van der Waals surface area contributed by atoms with E-state index < -0.39 is 22.5 Å². The van der Waals surface area contributed by atoms with Crippen molar-refractivity contribution in [3.8, 4) is 0 Å². The number of hydrogen-bond donors (Lipinski definition) is 0. The van der Waals surface area contributed by atoms with E-state index in [1.807, 2.05) is 0 Å². The summed E-state index contributed by atoms with van der Waals surface area (Å²) in [4.78, 5) is 0. The molecule has 0 bridgehead atoms. The van der Waals surface area contributed by atoms with Crippen LogP contribution in [0, 0.1) is 0 Å². The molecule has 0 spiro atoms. The molecule has 7 aromatic carbocycles. The minimum atomic E-state index is -3.12. The zero-order valence-corrected chi connectivity index (χ0v) is 28.9. The SMILES string of the molecule is Cl[PH](c1ccccc1)(c1ccccc1P(c1ccccc1)c1ccccc1)c1ccccc1P(c1ccccc1)c1ccccc1. The number of benzene rings is 7. The summed E-state index contributed by atoms with van der Waals surface area (Å²) in [5.74, 6) is 0. The third kappa shape index (κ3) is 6.13. The van der Waals surface area contributed by atoms with Crippen LogP contribution in [-0.4, -0.2) is 0 Å². The van der Waals surface area contributed by atoms with Crippen molar-refractivity contribution in [3.05, 3.63) is 200 Å². The molecule has 0 aliphatic heterocycles. The van der Waals surface area contributed by atoms with Crippen LogP contribution in [-0.2, 0) is 0 Å². The van der Waals surface area contributed by atoms with Crippen LogP contribution in [0.5, 0.6) is 0 Å². The first-order valence-electron chi connectivity index (χ1n) is 15.5. The summed E-state index contributed by atoms with van der Waals surface area (Å²) in [5, 5.41) is 11.6. The van der Waals surface area contributed by atoms with E-state index in [0.717, 1.165) is 0 Å². The van der Waals surface area contributed by atoms with Crippen molar-refractivity contribution >= 4 is 81.4 Å². The Kier molecular flexibility index (Phi) is 9.54. The van der Waals surface area contributed by atoms with Crippen LogP contribution in [0.2, 0.25) is 0 Å². The molecule has 224 valence electrons. The fraction of sp³-hybridized carbons (Fsp3) is 0. The van der Waals surface area contributed by atoms with Crippen molar-refractivity contribution in [1.29, 1.82) is 0 Å². The number of hydrogen-bond acceptors (Lipinski definition) is 0. The Bertz CT molecular complexity index is 1800. The molecule has 0 aliphatic carbocycles. The van der Waals surface area contributed by atoms with Gasteiger partial charge in [-0.2, -0.15) is 0 Å². The Hall–Kier alpha value is -3.88. The van der Waals surface area contributed by atoms with Crippen LogP contribution >= 0.6 is 33.7 Å². The van der Waals surface area contributed by atoms with Crippen LogP contribution in [0.1, 0.15) is 0 Å². The maximum atomic E-state index is 8.52. The summed E-state index contributed by atoms with van der Waals surface area (Å²) in [6.07, 6.45) is 0. The summed E-state index contributed by atoms with van der Waals surface area (Å²) in [7, 11) is -1.74. The maximum absolute atomic E-state index is 8.52. The number of halogens is 1. The molecular formula is C42H34ClP3. The van der Waals surface area contributed by atoms with Crippen molar-refractivity contribution < 1.29 is 0 Å². The van der Waals surface area contributed by atoms with E-state index in [9.17, 15) is 0 Å². The van der Waals surface area contributed by atoms with Gasteiger partial charge in [-0.05, 0) is 0 Å². The van der Waals surface area contributed by atoms with Crippen molar-refractivity contribution in [3.63, 3.8) is 0 Å². The normalized spacial score (nSPS) is 11.9. The third-order valence-electron chi connectivity index (χ3n) is 8.26. The third-order valence-corrected chi connectivity index (χ3v) is 19.0. The van der Waals surface area contributed by atoms with Gasteiger partial charge >= 0.3 is 282 Å². The molecule has 0 aliphatic rings. The molecule has 0 amide bonds. The predicted octanol–water partition coefficient (Wildman–Crippen LogP) is 7.38. The first kappa shape index (κ1) is 30.8. The van der Waals surface area contributed by atoms with Crippen LogP contribution in [0.4, 0.5) is 0 Å². The van der Waals surface area contributed by atoms with Crippen LogP contribution in [0.15, 0.2) is 200 Å². The van der Waals surface area contributed by atoms with E-state index in [-0.39, 0.29) is 0 Å². The first-order chi connectivity index (χ1) is 22.7. The molecule has 0 aromatic heterocycles. The Balaban J connectivity index is 1.53. The van der Waals surface area contributed by atoms with Gasteiger partial charge in [0.05, 0.1) is 0 Å². The molecule has 0 saturated heterocycles. The Labute approximate surface area is 280 Å². The van der Waals surface area contributed by atoms with Crippen molar-refractivity contribution in [2.24, 2.45) is 0 Å². The molecule has 0 atom stereocenters. The van der Waals surface area contributed by atoms with Gasteiger partial charge in [-0.25, -0.2) is 0 Å². The minimum absolute atomic E-state index is 0.869. The van der Waals surface area contributed by atoms with E-state index in [0.29, 0.717) is 0 Å². The quantitative estimate of drug-likeness (QED) is 0.141.